The lowest BCUT2D eigenvalue weighted by Gasteiger charge is -2.24. The molecule has 18 heavy (non-hydrogen) atoms. The first-order valence-corrected chi connectivity index (χ1v) is 6.78. The Morgan fingerprint density at radius 1 is 0.889 bits per heavy atom. The zero-order valence-corrected chi connectivity index (χ0v) is 10.6. The average molecular weight is 241 g/mol. The number of nitrogens with two attached hydrogens (primary N) is 1. The predicted molar refractivity (Wildman–Crippen MR) is 75.9 cm³/mol. The lowest BCUT2D eigenvalue weighted by atomic mass is 9.97. The minimum atomic E-state index is 0.380. The second-order valence-electron chi connectivity index (χ2n) is 5.08. The van der Waals surface area contributed by atoms with Crippen LogP contribution in [0.4, 0.5) is 5.69 Å². The van der Waals surface area contributed by atoms with Crippen molar-refractivity contribution < 1.29 is 4.74 Å². The minimum absolute atomic E-state index is 0.380. The van der Waals surface area contributed by atoms with Gasteiger partial charge in [-0.3, -0.25) is 0 Å². The Balaban J connectivity index is 1.94. The molecule has 1 aliphatic rings. The fourth-order valence-electron chi connectivity index (χ4n) is 2.76. The molecule has 2 aromatic carbocycles. The van der Waals surface area contributed by atoms with E-state index in [4.69, 9.17) is 10.5 Å². The van der Waals surface area contributed by atoms with Crippen LogP contribution in [0.3, 0.4) is 0 Å². The van der Waals surface area contributed by atoms with E-state index in [1.54, 1.807) is 0 Å². The van der Waals surface area contributed by atoms with Gasteiger partial charge in [0.05, 0.1) is 6.10 Å². The molecular weight excluding hydrogens is 222 g/mol. The zero-order valence-electron chi connectivity index (χ0n) is 10.6. The van der Waals surface area contributed by atoms with E-state index in [0.29, 0.717) is 6.10 Å². The molecule has 2 aromatic rings. The van der Waals surface area contributed by atoms with Crippen molar-refractivity contribution in [1.82, 2.24) is 0 Å². The number of anilines is 1. The summed E-state index contributed by atoms with van der Waals surface area (Å²) in [7, 11) is 0. The van der Waals surface area contributed by atoms with Gasteiger partial charge >= 0.3 is 0 Å². The van der Waals surface area contributed by atoms with E-state index >= 15 is 0 Å². The Kier molecular flexibility index (Phi) is 3.09. The maximum atomic E-state index is 6.17. The monoisotopic (exact) mass is 241 g/mol. The molecule has 2 N–H and O–H groups in total. The molecule has 2 heteroatoms. The average Bonchev–Trinajstić information content (AvgIpc) is 2.44. The van der Waals surface area contributed by atoms with Crippen molar-refractivity contribution in [3.63, 3.8) is 0 Å². The number of nitrogen functional groups attached to an aromatic ring is 1. The summed E-state index contributed by atoms with van der Waals surface area (Å²) in [4.78, 5) is 0. The lowest BCUT2D eigenvalue weighted by molar-refractivity contribution is 0.157. The van der Waals surface area contributed by atoms with Crippen molar-refractivity contribution >= 4 is 16.5 Å². The summed E-state index contributed by atoms with van der Waals surface area (Å²) < 4.78 is 6.17. The largest absolute Gasteiger partial charge is 0.490 e. The topological polar surface area (TPSA) is 35.2 Å². The fraction of sp³-hybridized carbons (Fsp3) is 0.375. The second kappa shape index (κ2) is 4.89. The summed E-state index contributed by atoms with van der Waals surface area (Å²) >= 11 is 0. The Morgan fingerprint density at radius 3 is 2.39 bits per heavy atom. The van der Waals surface area contributed by atoms with Crippen LogP contribution >= 0.6 is 0 Å². The van der Waals surface area contributed by atoms with Crippen LogP contribution < -0.4 is 10.5 Å². The highest BCUT2D eigenvalue weighted by Crippen LogP contribution is 2.32. The van der Waals surface area contributed by atoms with Crippen LogP contribution in [0.1, 0.15) is 32.1 Å². The van der Waals surface area contributed by atoms with Crippen LogP contribution in [0.5, 0.6) is 5.75 Å². The van der Waals surface area contributed by atoms with Crippen molar-refractivity contribution in [2.24, 2.45) is 0 Å². The number of fused-ring (bicyclic) bond motifs is 1. The summed E-state index contributed by atoms with van der Waals surface area (Å²) in [5, 5.41) is 2.22. The Labute approximate surface area is 108 Å². The highest BCUT2D eigenvalue weighted by Gasteiger charge is 2.16. The molecule has 0 amide bonds. The van der Waals surface area contributed by atoms with Gasteiger partial charge in [-0.2, -0.15) is 0 Å². The fourth-order valence-corrected chi connectivity index (χ4v) is 2.76. The number of rotatable bonds is 2. The zero-order chi connectivity index (χ0) is 12.4. The molecule has 94 valence electrons. The van der Waals surface area contributed by atoms with E-state index in [9.17, 15) is 0 Å². The quantitative estimate of drug-likeness (QED) is 0.802. The molecule has 1 saturated carbocycles. The SMILES string of the molecule is Nc1ccc(OC2CCCCC2)c2ccccc12. The van der Waals surface area contributed by atoms with E-state index in [1.165, 1.54) is 32.1 Å². The summed E-state index contributed by atoms with van der Waals surface area (Å²) in [5.74, 6) is 0.978. The standard InChI is InChI=1S/C16H19NO/c17-15-10-11-16(14-9-5-4-8-13(14)15)18-12-6-2-1-3-7-12/h4-5,8-12H,1-3,6-7,17H2. The van der Waals surface area contributed by atoms with E-state index < -0.39 is 0 Å². The van der Waals surface area contributed by atoms with E-state index in [0.717, 1.165) is 22.2 Å². The van der Waals surface area contributed by atoms with Gasteiger partial charge in [-0.1, -0.05) is 30.7 Å². The molecule has 1 fully saturated rings. The van der Waals surface area contributed by atoms with Crippen molar-refractivity contribution in [1.29, 1.82) is 0 Å². The molecule has 0 saturated heterocycles. The van der Waals surface area contributed by atoms with Crippen LogP contribution in [-0.2, 0) is 0 Å². The van der Waals surface area contributed by atoms with Gasteiger partial charge < -0.3 is 10.5 Å². The third kappa shape index (κ3) is 2.15. The lowest BCUT2D eigenvalue weighted by Crippen LogP contribution is -2.19. The normalized spacial score (nSPS) is 16.9. The van der Waals surface area contributed by atoms with Crippen LogP contribution in [0, 0.1) is 0 Å². The number of ether oxygens (including phenoxy) is 1. The van der Waals surface area contributed by atoms with Crippen molar-refractivity contribution in [3.05, 3.63) is 36.4 Å². The van der Waals surface area contributed by atoms with Gasteiger partial charge in [0.2, 0.25) is 0 Å². The van der Waals surface area contributed by atoms with Gasteiger partial charge in [0.15, 0.2) is 0 Å². The molecule has 1 aliphatic carbocycles. The first kappa shape index (κ1) is 11.4. The molecule has 0 unspecified atom stereocenters. The molecule has 0 spiro atoms. The third-order valence-corrected chi connectivity index (χ3v) is 3.76. The second-order valence-corrected chi connectivity index (χ2v) is 5.08. The Bertz CT molecular complexity index is 544. The molecular formula is C16H19NO. The third-order valence-electron chi connectivity index (χ3n) is 3.76. The molecule has 0 aliphatic heterocycles. The van der Waals surface area contributed by atoms with Gasteiger partial charge in [-0.25, -0.2) is 0 Å². The van der Waals surface area contributed by atoms with E-state index in [1.807, 2.05) is 24.3 Å². The molecule has 0 radical (unpaired) electrons. The van der Waals surface area contributed by atoms with Gasteiger partial charge in [0.1, 0.15) is 5.75 Å². The van der Waals surface area contributed by atoms with Crippen molar-refractivity contribution in [2.45, 2.75) is 38.2 Å². The Hall–Kier alpha value is -1.70. The summed E-state index contributed by atoms with van der Waals surface area (Å²) in [6.45, 7) is 0. The van der Waals surface area contributed by atoms with Gasteiger partial charge in [-0.05, 0) is 37.8 Å². The first-order chi connectivity index (χ1) is 8.84. The molecule has 2 nitrogen and oxygen atoms in total. The smallest absolute Gasteiger partial charge is 0.127 e. The number of hydrogen-bond acceptors (Lipinski definition) is 2. The Morgan fingerprint density at radius 2 is 1.61 bits per heavy atom. The van der Waals surface area contributed by atoms with Gasteiger partial charge in [0, 0.05) is 16.5 Å². The molecule has 0 bridgehead atoms. The highest BCUT2D eigenvalue weighted by molar-refractivity contribution is 5.96. The molecule has 3 rings (SSSR count). The molecule has 0 heterocycles. The van der Waals surface area contributed by atoms with Crippen LogP contribution in [-0.4, -0.2) is 6.10 Å². The van der Waals surface area contributed by atoms with Crippen LogP contribution in [0.25, 0.3) is 10.8 Å². The number of benzene rings is 2. The molecule has 0 atom stereocenters. The predicted octanol–water partition coefficient (Wildman–Crippen LogP) is 4.13. The van der Waals surface area contributed by atoms with Crippen LogP contribution in [0.2, 0.25) is 0 Å². The minimum Gasteiger partial charge on any atom is -0.490 e. The summed E-state index contributed by atoms with van der Waals surface area (Å²) in [5.41, 5.74) is 6.82. The maximum absolute atomic E-state index is 6.17. The number of hydrogen-bond donors (Lipinski definition) is 1. The van der Waals surface area contributed by atoms with Crippen molar-refractivity contribution in [2.75, 3.05) is 5.73 Å². The van der Waals surface area contributed by atoms with Gasteiger partial charge in [-0.15, -0.1) is 0 Å². The summed E-state index contributed by atoms with van der Waals surface area (Å²) in [6, 6.07) is 12.1. The van der Waals surface area contributed by atoms with Gasteiger partial charge in [0.25, 0.3) is 0 Å². The highest BCUT2D eigenvalue weighted by atomic mass is 16.5. The summed E-state index contributed by atoms with van der Waals surface area (Å²) in [6.07, 6.45) is 6.67. The van der Waals surface area contributed by atoms with E-state index in [2.05, 4.69) is 12.1 Å². The first-order valence-electron chi connectivity index (χ1n) is 6.78. The maximum Gasteiger partial charge on any atom is 0.127 e. The molecule has 0 aromatic heterocycles. The van der Waals surface area contributed by atoms with E-state index in [-0.39, 0.29) is 0 Å². The van der Waals surface area contributed by atoms with Crippen molar-refractivity contribution in [3.8, 4) is 5.75 Å². The van der Waals surface area contributed by atoms with Crippen LogP contribution in [0.15, 0.2) is 36.4 Å².